The summed E-state index contributed by atoms with van der Waals surface area (Å²) in [6, 6.07) is 0. The van der Waals surface area contributed by atoms with Gasteiger partial charge in [0.15, 0.2) is 0 Å². The fourth-order valence-corrected chi connectivity index (χ4v) is 1.76. The number of esters is 1. The maximum atomic E-state index is 10.7. The summed E-state index contributed by atoms with van der Waals surface area (Å²) < 4.78 is 10.2. The molecule has 0 aromatic rings. The van der Waals surface area contributed by atoms with Crippen LogP contribution in [0.2, 0.25) is 0 Å². The number of carbonyl (C=O) groups is 1. The first kappa shape index (κ1) is 10.2. The molecule has 0 spiro atoms. The lowest BCUT2D eigenvalue weighted by Crippen LogP contribution is -2.23. The molecule has 1 fully saturated rings. The van der Waals surface area contributed by atoms with Crippen LogP contribution in [0.1, 0.15) is 6.42 Å². The highest BCUT2D eigenvalue weighted by Crippen LogP contribution is 2.13. The number of carbonyl (C=O) groups excluding carboxylic acids is 1. The molecule has 0 N–H and O–H groups in total. The molecule has 0 aromatic carbocycles. The fraction of sp³-hybridized carbons (Fsp3) is 0.857. The van der Waals surface area contributed by atoms with Crippen LogP contribution in [-0.4, -0.2) is 36.3 Å². The summed E-state index contributed by atoms with van der Waals surface area (Å²) in [5, 5.41) is 0. The van der Waals surface area contributed by atoms with Gasteiger partial charge in [0.25, 0.3) is 0 Å². The zero-order valence-corrected chi connectivity index (χ0v) is 8.20. The Balaban J connectivity index is 2.24. The SMILES string of the molecule is O=C(CCl)O[C@@H]1CSCCCO1. The Bertz CT molecular complexity index is 146. The lowest BCUT2D eigenvalue weighted by Gasteiger charge is -2.13. The number of halogens is 1. The predicted molar refractivity (Wildman–Crippen MR) is 48.5 cm³/mol. The molecular weight excluding hydrogens is 200 g/mol. The smallest absolute Gasteiger partial charge is 0.323 e. The van der Waals surface area contributed by atoms with Crippen LogP contribution in [-0.2, 0) is 14.3 Å². The van der Waals surface area contributed by atoms with Crippen molar-refractivity contribution >= 4 is 29.3 Å². The van der Waals surface area contributed by atoms with E-state index in [1.54, 1.807) is 11.8 Å². The number of hydrogen-bond donors (Lipinski definition) is 0. The van der Waals surface area contributed by atoms with Gasteiger partial charge in [-0.15, -0.1) is 11.6 Å². The van der Waals surface area contributed by atoms with Crippen molar-refractivity contribution < 1.29 is 14.3 Å². The lowest BCUT2D eigenvalue weighted by atomic mass is 10.5. The van der Waals surface area contributed by atoms with E-state index in [-0.39, 0.29) is 5.88 Å². The average molecular weight is 211 g/mol. The molecule has 0 amide bonds. The van der Waals surface area contributed by atoms with Gasteiger partial charge in [-0.1, -0.05) is 0 Å². The summed E-state index contributed by atoms with van der Waals surface area (Å²) in [5.41, 5.74) is 0. The fourth-order valence-electron chi connectivity index (χ4n) is 0.850. The van der Waals surface area contributed by atoms with Crippen molar-refractivity contribution in [2.75, 3.05) is 24.0 Å². The topological polar surface area (TPSA) is 35.5 Å². The molecule has 1 aliphatic heterocycles. The largest absolute Gasteiger partial charge is 0.434 e. The highest BCUT2D eigenvalue weighted by atomic mass is 35.5. The lowest BCUT2D eigenvalue weighted by molar-refractivity contribution is -0.170. The molecule has 5 heteroatoms. The highest BCUT2D eigenvalue weighted by molar-refractivity contribution is 7.99. The van der Waals surface area contributed by atoms with E-state index in [2.05, 4.69) is 0 Å². The van der Waals surface area contributed by atoms with E-state index in [0.717, 1.165) is 12.2 Å². The monoisotopic (exact) mass is 210 g/mol. The van der Waals surface area contributed by atoms with Gasteiger partial charge in [0.1, 0.15) is 5.88 Å². The third kappa shape index (κ3) is 3.65. The van der Waals surface area contributed by atoms with Crippen molar-refractivity contribution in [2.24, 2.45) is 0 Å². The number of alkyl halides is 1. The maximum absolute atomic E-state index is 10.7. The standard InChI is InChI=1S/C7H11ClO3S/c8-4-6(9)11-7-5-12-3-1-2-10-7/h7H,1-5H2/t7-/m1/s1. The molecule has 1 heterocycles. The van der Waals surface area contributed by atoms with Crippen molar-refractivity contribution in [3.05, 3.63) is 0 Å². The van der Waals surface area contributed by atoms with Crippen molar-refractivity contribution in [3.8, 4) is 0 Å². The highest BCUT2D eigenvalue weighted by Gasteiger charge is 2.16. The molecule has 1 saturated heterocycles. The van der Waals surface area contributed by atoms with Gasteiger partial charge in [0.2, 0.25) is 6.29 Å². The Labute approximate surface area is 80.7 Å². The van der Waals surface area contributed by atoms with Crippen LogP contribution in [0.15, 0.2) is 0 Å². The second-order valence-corrected chi connectivity index (χ2v) is 3.77. The summed E-state index contributed by atoms with van der Waals surface area (Å²) in [6.45, 7) is 0.660. The molecule has 0 bridgehead atoms. The maximum Gasteiger partial charge on any atom is 0.323 e. The molecule has 12 heavy (non-hydrogen) atoms. The van der Waals surface area contributed by atoms with E-state index in [1.807, 2.05) is 0 Å². The van der Waals surface area contributed by atoms with E-state index in [0.29, 0.717) is 12.4 Å². The van der Waals surface area contributed by atoms with Crippen LogP contribution in [0.3, 0.4) is 0 Å². The summed E-state index contributed by atoms with van der Waals surface area (Å²) in [5.74, 6) is 1.26. The van der Waals surface area contributed by atoms with E-state index in [9.17, 15) is 4.79 Å². The third-order valence-electron chi connectivity index (χ3n) is 1.36. The zero-order valence-electron chi connectivity index (χ0n) is 6.62. The predicted octanol–water partition coefficient (Wildman–Crippen LogP) is 1.25. The van der Waals surface area contributed by atoms with Crippen molar-refractivity contribution in [1.29, 1.82) is 0 Å². The van der Waals surface area contributed by atoms with Crippen LogP contribution < -0.4 is 0 Å². The Kier molecular flexibility index (Phi) is 4.80. The van der Waals surface area contributed by atoms with E-state index < -0.39 is 12.3 Å². The molecular formula is C7H11ClO3S. The first-order valence-corrected chi connectivity index (χ1v) is 5.46. The minimum atomic E-state index is -0.413. The molecule has 1 rings (SSSR count). The van der Waals surface area contributed by atoms with E-state index >= 15 is 0 Å². The van der Waals surface area contributed by atoms with Gasteiger partial charge in [0, 0.05) is 0 Å². The number of ether oxygens (including phenoxy) is 2. The molecule has 0 radical (unpaired) electrons. The first-order valence-electron chi connectivity index (χ1n) is 3.77. The molecule has 0 aliphatic carbocycles. The number of thioether (sulfide) groups is 1. The molecule has 1 atom stereocenters. The molecule has 0 unspecified atom stereocenters. The molecule has 0 aromatic heterocycles. The minimum absolute atomic E-state index is 0.107. The summed E-state index contributed by atoms with van der Waals surface area (Å²) >= 11 is 7.01. The van der Waals surface area contributed by atoms with Crippen LogP contribution >= 0.6 is 23.4 Å². The molecule has 0 saturated carbocycles. The average Bonchev–Trinajstić information content (AvgIpc) is 2.33. The van der Waals surface area contributed by atoms with E-state index in [1.165, 1.54) is 0 Å². The van der Waals surface area contributed by atoms with Crippen LogP contribution in [0.25, 0.3) is 0 Å². The van der Waals surface area contributed by atoms with Crippen LogP contribution in [0.5, 0.6) is 0 Å². The minimum Gasteiger partial charge on any atom is -0.434 e. The van der Waals surface area contributed by atoms with Crippen molar-refractivity contribution in [3.63, 3.8) is 0 Å². The quantitative estimate of drug-likeness (QED) is 0.508. The van der Waals surface area contributed by atoms with Crippen LogP contribution in [0, 0.1) is 0 Å². The van der Waals surface area contributed by atoms with Crippen molar-refractivity contribution in [2.45, 2.75) is 12.7 Å². The van der Waals surface area contributed by atoms with Crippen LogP contribution in [0.4, 0.5) is 0 Å². The zero-order chi connectivity index (χ0) is 8.81. The second kappa shape index (κ2) is 5.67. The van der Waals surface area contributed by atoms with Gasteiger partial charge in [-0.3, -0.25) is 4.79 Å². The molecule has 3 nitrogen and oxygen atoms in total. The van der Waals surface area contributed by atoms with Gasteiger partial charge >= 0.3 is 5.97 Å². The van der Waals surface area contributed by atoms with Gasteiger partial charge in [-0.2, -0.15) is 11.8 Å². The first-order chi connectivity index (χ1) is 5.83. The Hall–Kier alpha value is 0.0700. The summed E-state index contributed by atoms with van der Waals surface area (Å²) in [4.78, 5) is 10.7. The van der Waals surface area contributed by atoms with Gasteiger partial charge < -0.3 is 9.47 Å². The number of rotatable bonds is 2. The summed E-state index contributed by atoms with van der Waals surface area (Å²) in [6.07, 6.45) is 0.614. The van der Waals surface area contributed by atoms with Gasteiger partial charge in [0.05, 0.1) is 12.4 Å². The number of hydrogen-bond acceptors (Lipinski definition) is 4. The van der Waals surface area contributed by atoms with Gasteiger partial charge in [-0.25, -0.2) is 0 Å². The molecule has 1 aliphatic rings. The second-order valence-electron chi connectivity index (χ2n) is 2.35. The Morgan fingerprint density at radius 1 is 1.75 bits per heavy atom. The molecule has 70 valence electrons. The van der Waals surface area contributed by atoms with Gasteiger partial charge in [-0.05, 0) is 12.2 Å². The van der Waals surface area contributed by atoms with Crippen molar-refractivity contribution in [1.82, 2.24) is 0 Å². The van der Waals surface area contributed by atoms with E-state index in [4.69, 9.17) is 21.1 Å². The Morgan fingerprint density at radius 3 is 3.33 bits per heavy atom. The normalized spacial score (nSPS) is 24.6. The third-order valence-corrected chi connectivity index (χ3v) is 2.67. The summed E-state index contributed by atoms with van der Waals surface area (Å²) in [7, 11) is 0. The Morgan fingerprint density at radius 2 is 2.58 bits per heavy atom.